The maximum atomic E-state index is 12.1. The average molecular weight is 373 g/mol. The van der Waals surface area contributed by atoms with Crippen LogP contribution in [0.15, 0.2) is 78.9 Å². The lowest BCUT2D eigenvalue weighted by atomic mass is 10.2. The second-order valence-corrected chi connectivity index (χ2v) is 6.90. The lowest BCUT2D eigenvalue weighted by molar-refractivity contribution is -0.113. The summed E-state index contributed by atoms with van der Waals surface area (Å²) in [6, 6.07) is 27.1. The molecule has 0 aliphatic carbocycles. The van der Waals surface area contributed by atoms with E-state index in [1.165, 1.54) is 0 Å². The zero-order valence-electron chi connectivity index (χ0n) is 14.7. The molecule has 134 valence electrons. The smallest absolute Gasteiger partial charge is 0.234 e. The van der Waals surface area contributed by atoms with Gasteiger partial charge in [0.2, 0.25) is 5.91 Å². The predicted octanol–water partition coefficient (Wildman–Crippen LogP) is 5.17. The van der Waals surface area contributed by atoms with Crippen molar-refractivity contribution in [3.63, 3.8) is 0 Å². The third kappa shape index (κ3) is 5.91. The van der Waals surface area contributed by atoms with Gasteiger partial charge in [0.15, 0.2) is 0 Å². The highest BCUT2D eigenvalue weighted by molar-refractivity contribution is 7.99. The van der Waals surface area contributed by atoms with Gasteiger partial charge in [-0.1, -0.05) is 30.3 Å². The Morgan fingerprint density at radius 2 is 1.48 bits per heavy atom. The summed E-state index contributed by atoms with van der Waals surface area (Å²) in [5.74, 6) is 1.08. The van der Waals surface area contributed by atoms with Gasteiger partial charge in [0, 0.05) is 22.8 Å². The first-order valence-corrected chi connectivity index (χ1v) is 9.67. The fourth-order valence-electron chi connectivity index (χ4n) is 2.46. The van der Waals surface area contributed by atoms with Crippen LogP contribution in [0.3, 0.4) is 0 Å². The van der Waals surface area contributed by atoms with E-state index >= 15 is 0 Å². The van der Waals surface area contributed by atoms with Gasteiger partial charge < -0.3 is 10.6 Å². The van der Waals surface area contributed by atoms with Crippen molar-refractivity contribution in [3.8, 4) is 6.07 Å². The molecule has 2 N–H and O–H groups in total. The summed E-state index contributed by atoms with van der Waals surface area (Å²) in [4.78, 5) is 12.1. The van der Waals surface area contributed by atoms with Gasteiger partial charge in [-0.3, -0.25) is 4.79 Å². The molecule has 3 aromatic rings. The number of nitriles is 1. The number of anilines is 3. The lowest BCUT2D eigenvalue weighted by Gasteiger charge is -2.09. The molecule has 4 nitrogen and oxygen atoms in total. The van der Waals surface area contributed by atoms with Crippen LogP contribution in [-0.4, -0.2) is 11.7 Å². The summed E-state index contributed by atoms with van der Waals surface area (Å²) in [7, 11) is 0. The van der Waals surface area contributed by atoms with Crippen LogP contribution in [0.5, 0.6) is 0 Å². The average Bonchev–Trinajstić information content (AvgIpc) is 2.71. The first-order valence-electron chi connectivity index (χ1n) is 8.52. The van der Waals surface area contributed by atoms with Crippen molar-refractivity contribution in [1.82, 2.24) is 0 Å². The Morgan fingerprint density at radius 1 is 0.852 bits per heavy atom. The Labute approximate surface area is 163 Å². The highest BCUT2D eigenvalue weighted by Crippen LogP contribution is 2.19. The van der Waals surface area contributed by atoms with Crippen molar-refractivity contribution in [2.24, 2.45) is 0 Å². The van der Waals surface area contributed by atoms with Gasteiger partial charge in [-0.05, 0) is 54.1 Å². The third-order valence-corrected chi connectivity index (χ3v) is 4.82. The molecule has 0 aromatic heterocycles. The Balaban J connectivity index is 1.44. The molecule has 0 radical (unpaired) electrons. The van der Waals surface area contributed by atoms with Crippen LogP contribution >= 0.6 is 11.8 Å². The molecular weight excluding hydrogens is 354 g/mol. The Kier molecular flexibility index (Phi) is 6.50. The molecule has 0 saturated carbocycles. The van der Waals surface area contributed by atoms with Gasteiger partial charge in [-0.25, -0.2) is 0 Å². The molecule has 0 unspecified atom stereocenters. The molecule has 0 atom stereocenters. The molecular formula is C22H19N3OS. The second-order valence-electron chi connectivity index (χ2n) is 5.92. The standard InChI is InChI=1S/C22H19N3OS/c23-14-17-6-8-18(9-7-17)15-27-16-22(26)25-21-12-10-20(11-13-21)24-19-4-2-1-3-5-19/h1-13,24H,15-16H2,(H,25,26). The predicted molar refractivity (Wildman–Crippen MR) is 112 cm³/mol. The second kappa shape index (κ2) is 9.46. The monoisotopic (exact) mass is 373 g/mol. The number of para-hydroxylation sites is 1. The summed E-state index contributed by atoms with van der Waals surface area (Å²) >= 11 is 1.54. The number of amides is 1. The molecule has 0 fully saturated rings. The van der Waals surface area contributed by atoms with E-state index in [4.69, 9.17) is 5.26 Å². The molecule has 3 aromatic carbocycles. The maximum Gasteiger partial charge on any atom is 0.234 e. The van der Waals surface area contributed by atoms with Crippen LogP contribution in [0.2, 0.25) is 0 Å². The molecule has 27 heavy (non-hydrogen) atoms. The van der Waals surface area contributed by atoms with Gasteiger partial charge in [-0.2, -0.15) is 5.26 Å². The molecule has 5 heteroatoms. The van der Waals surface area contributed by atoms with E-state index in [0.29, 0.717) is 11.3 Å². The summed E-state index contributed by atoms with van der Waals surface area (Å²) in [6.45, 7) is 0. The molecule has 0 aliphatic rings. The Bertz CT molecular complexity index is 917. The molecule has 0 spiro atoms. The summed E-state index contributed by atoms with van der Waals surface area (Å²) in [6.07, 6.45) is 0. The lowest BCUT2D eigenvalue weighted by Crippen LogP contribution is -2.14. The normalized spacial score (nSPS) is 10.0. The fraction of sp³-hybridized carbons (Fsp3) is 0.0909. The van der Waals surface area contributed by atoms with E-state index in [9.17, 15) is 4.79 Å². The van der Waals surface area contributed by atoms with E-state index in [2.05, 4.69) is 16.7 Å². The number of thioether (sulfide) groups is 1. The number of rotatable bonds is 7. The summed E-state index contributed by atoms with van der Waals surface area (Å²) in [5, 5.41) is 15.0. The number of hydrogen-bond donors (Lipinski definition) is 2. The van der Waals surface area contributed by atoms with E-state index in [1.54, 1.807) is 23.9 Å². The Hall–Kier alpha value is -3.23. The summed E-state index contributed by atoms with van der Waals surface area (Å²) < 4.78 is 0. The van der Waals surface area contributed by atoms with Gasteiger partial charge in [0.25, 0.3) is 0 Å². The van der Waals surface area contributed by atoms with Crippen molar-refractivity contribution in [2.75, 3.05) is 16.4 Å². The van der Waals surface area contributed by atoms with E-state index < -0.39 is 0 Å². The quantitative estimate of drug-likeness (QED) is 0.599. The molecule has 0 saturated heterocycles. The topological polar surface area (TPSA) is 64.9 Å². The number of hydrogen-bond acceptors (Lipinski definition) is 4. The number of benzene rings is 3. The number of nitrogens with one attached hydrogen (secondary N) is 2. The first-order chi connectivity index (χ1) is 13.2. The van der Waals surface area contributed by atoms with Gasteiger partial charge >= 0.3 is 0 Å². The fourth-order valence-corrected chi connectivity index (χ4v) is 3.25. The number of carbonyl (C=O) groups excluding carboxylic acids is 1. The molecule has 3 rings (SSSR count). The van der Waals surface area contributed by atoms with Crippen molar-refractivity contribution >= 4 is 34.7 Å². The van der Waals surface area contributed by atoms with Crippen LogP contribution in [0.1, 0.15) is 11.1 Å². The largest absolute Gasteiger partial charge is 0.356 e. The molecule has 0 heterocycles. The maximum absolute atomic E-state index is 12.1. The highest BCUT2D eigenvalue weighted by atomic mass is 32.2. The van der Waals surface area contributed by atoms with Crippen molar-refractivity contribution in [3.05, 3.63) is 90.0 Å². The SMILES string of the molecule is N#Cc1ccc(CSCC(=O)Nc2ccc(Nc3ccccc3)cc2)cc1. The minimum absolute atomic E-state index is 0.0302. The zero-order valence-corrected chi connectivity index (χ0v) is 15.5. The van der Waals surface area contributed by atoms with Gasteiger partial charge in [-0.15, -0.1) is 11.8 Å². The number of carbonyl (C=O) groups is 1. The zero-order chi connectivity index (χ0) is 18.9. The van der Waals surface area contributed by atoms with Gasteiger partial charge in [0.1, 0.15) is 0 Å². The van der Waals surface area contributed by atoms with E-state index in [0.717, 1.165) is 28.4 Å². The van der Waals surface area contributed by atoms with Crippen molar-refractivity contribution in [1.29, 1.82) is 5.26 Å². The number of nitrogens with zero attached hydrogens (tertiary/aromatic N) is 1. The Morgan fingerprint density at radius 3 is 2.15 bits per heavy atom. The first kappa shape index (κ1) is 18.6. The van der Waals surface area contributed by atoms with Crippen LogP contribution in [0.25, 0.3) is 0 Å². The molecule has 1 amide bonds. The van der Waals surface area contributed by atoms with Crippen LogP contribution in [-0.2, 0) is 10.5 Å². The van der Waals surface area contributed by atoms with Crippen molar-refractivity contribution in [2.45, 2.75) is 5.75 Å². The van der Waals surface area contributed by atoms with Gasteiger partial charge in [0.05, 0.1) is 17.4 Å². The third-order valence-electron chi connectivity index (χ3n) is 3.82. The minimum Gasteiger partial charge on any atom is -0.356 e. The van der Waals surface area contributed by atoms with Crippen LogP contribution in [0.4, 0.5) is 17.1 Å². The summed E-state index contributed by atoms with van der Waals surface area (Å²) in [5.41, 5.74) is 4.51. The highest BCUT2D eigenvalue weighted by Gasteiger charge is 2.04. The minimum atomic E-state index is -0.0302. The van der Waals surface area contributed by atoms with E-state index in [1.807, 2.05) is 66.7 Å². The van der Waals surface area contributed by atoms with Crippen LogP contribution in [0, 0.1) is 11.3 Å². The molecule has 0 bridgehead atoms. The molecule has 0 aliphatic heterocycles. The van der Waals surface area contributed by atoms with Crippen molar-refractivity contribution < 1.29 is 4.79 Å². The van der Waals surface area contributed by atoms with E-state index in [-0.39, 0.29) is 5.91 Å². The van der Waals surface area contributed by atoms with Crippen LogP contribution < -0.4 is 10.6 Å².